The number of nitrogens with zero attached hydrogens (tertiary/aromatic N) is 1. The molecule has 4 heteroatoms. The average Bonchev–Trinajstić information content (AvgIpc) is 2.60. The molecule has 90 valence electrons. The number of anilines is 1. The van der Waals surface area contributed by atoms with Crippen molar-refractivity contribution in [2.45, 2.75) is 27.3 Å². The van der Waals surface area contributed by atoms with Gasteiger partial charge < -0.3 is 5.32 Å². The molecule has 1 heterocycles. The van der Waals surface area contributed by atoms with Gasteiger partial charge in [-0.3, -0.25) is 0 Å². The fraction of sp³-hybridized carbons (Fsp3) is 0.308. The van der Waals surface area contributed by atoms with Gasteiger partial charge in [-0.25, -0.2) is 4.98 Å². The summed E-state index contributed by atoms with van der Waals surface area (Å²) in [6.07, 6.45) is 0. The molecule has 0 saturated carbocycles. The minimum Gasteiger partial charge on any atom is -0.378 e. The number of rotatable bonds is 3. The van der Waals surface area contributed by atoms with Crippen molar-refractivity contribution in [1.29, 1.82) is 0 Å². The zero-order valence-corrected chi connectivity index (χ0v) is 12.6. The fourth-order valence-electron chi connectivity index (χ4n) is 1.56. The van der Waals surface area contributed by atoms with Gasteiger partial charge in [-0.1, -0.05) is 6.07 Å². The van der Waals surface area contributed by atoms with Crippen LogP contribution in [0.5, 0.6) is 0 Å². The molecule has 0 unspecified atom stereocenters. The zero-order valence-electron chi connectivity index (χ0n) is 10.2. The lowest BCUT2D eigenvalue weighted by molar-refractivity contribution is 1.07. The molecule has 0 saturated heterocycles. The van der Waals surface area contributed by atoms with Crippen LogP contribution in [0.25, 0.3) is 0 Å². The smallest absolute Gasteiger partial charge is 0.112 e. The number of halogens is 1. The van der Waals surface area contributed by atoms with Gasteiger partial charge in [0.05, 0.1) is 12.2 Å². The third kappa shape index (κ3) is 3.07. The summed E-state index contributed by atoms with van der Waals surface area (Å²) in [7, 11) is 0. The Bertz CT molecular complexity index is 515. The molecule has 0 aliphatic carbocycles. The fourth-order valence-corrected chi connectivity index (χ4v) is 2.82. The number of nitrogens with one attached hydrogen (secondary N) is 1. The largest absolute Gasteiger partial charge is 0.378 e. The van der Waals surface area contributed by atoms with E-state index in [1.165, 1.54) is 10.4 Å². The first-order chi connectivity index (χ1) is 8.06. The van der Waals surface area contributed by atoms with Gasteiger partial charge in [0.2, 0.25) is 0 Å². The number of benzene rings is 1. The van der Waals surface area contributed by atoms with Crippen molar-refractivity contribution in [3.63, 3.8) is 0 Å². The van der Waals surface area contributed by atoms with Crippen LogP contribution in [0.1, 0.15) is 21.1 Å². The van der Waals surface area contributed by atoms with Crippen molar-refractivity contribution in [2.75, 3.05) is 5.32 Å². The van der Waals surface area contributed by atoms with Crippen molar-refractivity contribution in [2.24, 2.45) is 0 Å². The number of hydrogen-bond donors (Lipinski definition) is 1. The first-order valence-electron chi connectivity index (χ1n) is 5.49. The van der Waals surface area contributed by atoms with Crippen molar-refractivity contribution >= 4 is 33.0 Å². The highest BCUT2D eigenvalue weighted by atomic mass is 79.9. The molecule has 0 radical (unpaired) electrons. The lowest BCUT2D eigenvalue weighted by Gasteiger charge is -2.07. The first-order valence-corrected chi connectivity index (χ1v) is 7.10. The molecule has 0 bridgehead atoms. The van der Waals surface area contributed by atoms with Gasteiger partial charge in [0, 0.05) is 15.0 Å². The van der Waals surface area contributed by atoms with Crippen molar-refractivity contribution < 1.29 is 0 Å². The van der Waals surface area contributed by atoms with Crippen LogP contribution in [-0.4, -0.2) is 4.98 Å². The summed E-state index contributed by atoms with van der Waals surface area (Å²) in [5.74, 6) is 0. The lowest BCUT2D eigenvalue weighted by atomic mass is 10.2. The van der Waals surface area contributed by atoms with Gasteiger partial charge in [0.1, 0.15) is 5.01 Å². The minimum atomic E-state index is 0.779. The quantitative estimate of drug-likeness (QED) is 0.906. The monoisotopic (exact) mass is 310 g/mol. The highest BCUT2D eigenvalue weighted by Gasteiger charge is 2.04. The number of hydrogen-bond acceptors (Lipinski definition) is 3. The maximum Gasteiger partial charge on any atom is 0.112 e. The molecular formula is C13H15BrN2S. The Kier molecular flexibility index (Phi) is 3.84. The Morgan fingerprint density at radius 1 is 1.29 bits per heavy atom. The predicted molar refractivity (Wildman–Crippen MR) is 77.8 cm³/mol. The summed E-state index contributed by atoms with van der Waals surface area (Å²) in [6, 6.07) is 6.29. The van der Waals surface area contributed by atoms with E-state index in [1.807, 2.05) is 0 Å². The van der Waals surface area contributed by atoms with E-state index in [0.717, 1.165) is 27.4 Å². The van der Waals surface area contributed by atoms with Crippen LogP contribution in [0.4, 0.5) is 5.69 Å². The third-order valence-corrected chi connectivity index (χ3v) is 4.39. The molecule has 2 rings (SSSR count). The van der Waals surface area contributed by atoms with E-state index in [4.69, 9.17) is 0 Å². The van der Waals surface area contributed by atoms with E-state index in [0.29, 0.717) is 0 Å². The van der Waals surface area contributed by atoms with E-state index in [2.05, 4.69) is 65.2 Å². The van der Waals surface area contributed by atoms with Gasteiger partial charge in [0.15, 0.2) is 0 Å². The molecule has 0 fully saturated rings. The molecule has 2 aromatic rings. The summed E-state index contributed by atoms with van der Waals surface area (Å²) in [5.41, 5.74) is 3.51. The Labute approximate surface area is 114 Å². The van der Waals surface area contributed by atoms with Crippen LogP contribution in [0.2, 0.25) is 0 Å². The molecule has 1 N–H and O–H groups in total. The van der Waals surface area contributed by atoms with E-state index in [1.54, 1.807) is 11.3 Å². The van der Waals surface area contributed by atoms with E-state index in [9.17, 15) is 0 Å². The maximum absolute atomic E-state index is 4.52. The van der Waals surface area contributed by atoms with Crippen molar-refractivity contribution in [3.8, 4) is 0 Å². The molecular weight excluding hydrogens is 296 g/mol. The first kappa shape index (κ1) is 12.6. The summed E-state index contributed by atoms with van der Waals surface area (Å²) < 4.78 is 1.09. The lowest BCUT2D eigenvalue weighted by Crippen LogP contribution is -1.99. The molecule has 0 aliphatic rings. The van der Waals surface area contributed by atoms with Gasteiger partial charge in [-0.05, 0) is 54.4 Å². The second-order valence-corrected chi connectivity index (χ2v) is 6.23. The Morgan fingerprint density at radius 2 is 2.06 bits per heavy atom. The van der Waals surface area contributed by atoms with Gasteiger partial charge in [-0.15, -0.1) is 11.3 Å². The normalized spacial score (nSPS) is 10.6. The Hall–Kier alpha value is -0.870. The molecule has 0 spiro atoms. The second kappa shape index (κ2) is 5.19. The number of aromatic nitrogens is 1. The zero-order chi connectivity index (χ0) is 12.4. The van der Waals surface area contributed by atoms with Crippen LogP contribution in [-0.2, 0) is 6.54 Å². The minimum absolute atomic E-state index is 0.779. The van der Waals surface area contributed by atoms with E-state index >= 15 is 0 Å². The SMILES string of the molecule is Cc1ccc(Br)c(NCc2nc(C)c(C)s2)c1. The number of thiazole rings is 1. The molecule has 17 heavy (non-hydrogen) atoms. The third-order valence-electron chi connectivity index (χ3n) is 2.62. The van der Waals surface area contributed by atoms with Gasteiger partial charge in [-0.2, -0.15) is 0 Å². The standard InChI is InChI=1S/C13H15BrN2S/c1-8-4-5-11(14)12(6-8)15-7-13-16-9(2)10(3)17-13/h4-6,15H,7H2,1-3H3. The Morgan fingerprint density at radius 3 is 2.71 bits per heavy atom. The number of aryl methyl sites for hydroxylation is 3. The maximum atomic E-state index is 4.52. The van der Waals surface area contributed by atoms with Crippen LogP contribution in [0.3, 0.4) is 0 Å². The summed E-state index contributed by atoms with van der Waals surface area (Å²) >= 11 is 5.30. The van der Waals surface area contributed by atoms with E-state index < -0.39 is 0 Å². The van der Waals surface area contributed by atoms with Crippen LogP contribution >= 0.6 is 27.3 Å². The van der Waals surface area contributed by atoms with Gasteiger partial charge in [0.25, 0.3) is 0 Å². The predicted octanol–water partition coefficient (Wildman–Crippen LogP) is 4.44. The molecule has 0 aliphatic heterocycles. The van der Waals surface area contributed by atoms with E-state index in [-0.39, 0.29) is 0 Å². The molecule has 1 aromatic heterocycles. The summed E-state index contributed by atoms with van der Waals surface area (Å²) in [5, 5.41) is 4.54. The molecule has 1 aromatic carbocycles. The Balaban J connectivity index is 2.09. The molecule has 0 amide bonds. The highest BCUT2D eigenvalue weighted by molar-refractivity contribution is 9.10. The second-order valence-electron chi connectivity index (χ2n) is 4.09. The molecule has 0 atom stereocenters. The van der Waals surface area contributed by atoms with Crippen LogP contribution in [0, 0.1) is 20.8 Å². The van der Waals surface area contributed by atoms with Crippen molar-refractivity contribution in [3.05, 3.63) is 43.8 Å². The van der Waals surface area contributed by atoms with Crippen LogP contribution < -0.4 is 5.32 Å². The average molecular weight is 311 g/mol. The summed E-state index contributed by atoms with van der Waals surface area (Å²) in [6.45, 7) is 7.04. The highest BCUT2D eigenvalue weighted by Crippen LogP contribution is 2.25. The molecule has 2 nitrogen and oxygen atoms in total. The summed E-state index contributed by atoms with van der Waals surface area (Å²) in [4.78, 5) is 5.81. The topological polar surface area (TPSA) is 24.9 Å². The van der Waals surface area contributed by atoms with Crippen molar-refractivity contribution in [1.82, 2.24) is 4.98 Å². The van der Waals surface area contributed by atoms with Gasteiger partial charge >= 0.3 is 0 Å². The van der Waals surface area contributed by atoms with Crippen LogP contribution in [0.15, 0.2) is 22.7 Å².